The maximum atomic E-state index is 12.3. The molecule has 1 rings (SSSR count). The number of ether oxygens (including phenoxy) is 2. The van der Waals surface area contributed by atoms with Gasteiger partial charge in [0.1, 0.15) is 0 Å². The molecule has 0 bridgehead atoms. The topological polar surface area (TPSA) is 55.8 Å². The summed E-state index contributed by atoms with van der Waals surface area (Å²) in [5, 5.41) is 0. The first-order valence-corrected chi connectivity index (χ1v) is 8.72. The van der Waals surface area contributed by atoms with Crippen LogP contribution in [0.3, 0.4) is 0 Å². The van der Waals surface area contributed by atoms with Gasteiger partial charge in [-0.3, -0.25) is 4.79 Å². The summed E-state index contributed by atoms with van der Waals surface area (Å²) in [7, 11) is 0. The van der Waals surface area contributed by atoms with Crippen molar-refractivity contribution in [3.63, 3.8) is 0 Å². The Bertz CT molecular complexity index is 340. The number of carbonyl (C=O) groups excluding carboxylic acids is 2. The summed E-state index contributed by atoms with van der Waals surface area (Å²) >= 11 is 0. The number of nitrogens with zero attached hydrogens (tertiary/aromatic N) is 1. The summed E-state index contributed by atoms with van der Waals surface area (Å²) in [6.45, 7) is 7.01. The van der Waals surface area contributed by atoms with Gasteiger partial charge in [0.25, 0.3) is 0 Å². The van der Waals surface area contributed by atoms with Crippen molar-refractivity contribution in [3.8, 4) is 0 Å². The zero-order valence-corrected chi connectivity index (χ0v) is 14.3. The summed E-state index contributed by atoms with van der Waals surface area (Å²) in [5.74, 6) is 0.151. The van der Waals surface area contributed by atoms with Crippen LogP contribution in [0, 0.1) is 5.92 Å². The highest BCUT2D eigenvalue weighted by molar-refractivity contribution is 5.73. The molecule has 1 atom stereocenters. The molecule has 0 N–H and O–H groups in total. The molecular formula is C17H31NO4. The van der Waals surface area contributed by atoms with Crippen molar-refractivity contribution < 1.29 is 19.1 Å². The second-order valence-corrected chi connectivity index (χ2v) is 5.87. The van der Waals surface area contributed by atoms with Crippen LogP contribution < -0.4 is 0 Å². The Balaban J connectivity index is 2.86. The molecule has 0 radical (unpaired) electrons. The SMILES string of the molecule is CCCN(C(=O)OCC)C(CC(=O)OCC)C1CCCCC1. The summed E-state index contributed by atoms with van der Waals surface area (Å²) in [4.78, 5) is 26.1. The van der Waals surface area contributed by atoms with Gasteiger partial charge in [-0.2, -0.15) is 0 Å². The lowest BCUT2D eigenvalue weighted by atomic mass is 9.82. The standard InChI is InChI=1S/C17H31NO4/c1-4-12-18(17(20)22-6-3)15(13-16(19)21-5-2)14-10-8-7-9-11-14/h14-15H,4-13H2,1-3H3. The second kappa shape index (κ2) is 10.5. The third-order valence-electron chi connectivity index (χ3n) is 4.24. The van der Waals surface area contributed by atoms with Gasteiger partial charge in [0.05, 0.1) is 19.6 Å². The first kappa shape index (κ1) is 18.8. The molecule has 5 heteroatoms. The first-order chi connectivity index (χ1) is 10.6. The fraction of sp³-hybridized carbons (Fsp3) is 0.882. The molecule has 0 aromatic rings. The molecule has 1 saturated carbocycles. The highest BCUT2D eigenvalue weighted by Crippen LogP contribution is 2.31. The highest BCUT2D eigenvalue weighted by Gasteiger charge is 2.34. The Kier molecular flexibility index (Phi) is 8.94. The number of rotatable bonds is 8. The number of hydrogen-bond acceptors (Lipinski definition) is 4. The minimum atomic E-state index is -0.302. The second-order valence-electron chi connectivity index (χ2n) is 5.87. The van der Waals surface area contributed by atoms with Crippen LogP contribution in [0.25, 0.3) is 0 Å². The zero-order valence-electron chi connectivity index (χ0n) is 14.3. The Morgan fingerprint density at radius 1 is 1.05 bits per heavy atom. The maximum Gasteiger partial charge on any atom is 0.410 e. The summed E-state index contributed by atoms with van der Waals surface area (Å²) in [6, 6.07) is -0.0988. The third-order valence-corrected chi connectivity index (χ3v) is 4.24. The van der Waals surface area contributed by atoms with Crippen LogP contribution in [0.15, 0.2) is 0 Å². The van der Waals surface area contributed by atoms with E-state index in [-0.39, 0.29) is 24.5 Å². The molecule has 1 aliphatic carbocycles. The van der Waals surface area contributed by atoms with E-state index >= 15 is 0 Å². The maximum absolute atomic E-state index is 12.3. The molecule has 1 unspecified atom stereocenters. The molecule has 0 aromatic carbocycles. The fourth-order valence-corrected chi connectivity index (χ4v) is 3.28. The molecule has 22 heavy (non-hydrogen) atoms. The molecular weight excluding hydrogens is 282 g/mol. The predicted molar refractivity (Wildman–Crippen MR) is 85.6 cm³/mol. The summed E-state index contributed by atoms with van der Waals surface area (Å²) in [6.07, 6.45) is 6.56. The molecule has 1 aliphatic rings. The Labute approximate surface area is 134 Å². The van der Waals surface area contributed by atoms with E-state index < -0.39 is 0 Å². The zero-order chi connectivity index (χ0) is 16.4. The fourth-order valence-electron chi connectivity index (χ4n) is 3.28. The largest absolute Gasteiger partial charge is 0.466 e. The Morgan fingerprint density at radius 2 is 1.68 bits per heavy atom. The van der Waals surface area contributed by atoms with Crippen molar-refractivity contribution >= 4 is 12.1 Å². The minimum absolute atomic E-state index is 0.0988. The molecule has 0 aromatic heterocycles. The van der Waals surface area contributed by atoms with Crippen LogP contribution in [-0.2, 0) is 14.3 Å². The number of hydrogen-bond donors (Lipinski definition) is 0. The average Bonchev–Trinajstić information content (AvgIpc) is 2.52. The van der Waals surface area contributed by atoms with Crippen molar-refractivity contribution in [2.75, 3.05) is 19.8 Å². The number of esters is 1. The van der Waals surface area contributed by atoms with Crippen LogP contribution in [-0.4, -0.2) is 42.8 Å². The predicted octanol–water partition coefficient (Wildman–Crippen LogP) is 3.76. The smallest absolute Gasteiger partial charge is 0.410 e. The minimum Gasteiger partial charge on any atom is -0.466 e. The van der Waals surface area contributed by atoms with Crippen molar-refractivity contribution in [1.29, 1.82) is 0 Å². The average molecular weight is 313 g/mol. The molecule has 128 valence electrons. The summed E-state index contributed by atoms with van der Waals surface area (Å²) in [5.41, 5.74) is 0. The Morgan fingerprint density at radius 3 is 2.23 bits per heavy atom. The normalized spacial score (nSPS) is 16.9. The molecule has 0 saturated heterocycles. The van der Waals surface area contributed by atoms with Gasteiger partial charge in [-0.15, -0.1) is 0 Å². The third kappa shape index (κ3) is 5.85. The molecule has 0 heterocycles. The van der Waals surface area contributed by atoms with Gasteiger partial charge in [0, 0.05) is 12.6 Å². The monoisotopic (exact) mass is 313 g/mol. The highest BCUT2D eigenvalue weighted by atomic mass is 16.6. The van der Waals surface area contributed by atoms with Crippen molar-refractivity contribution in [2.24, 2.45) is 5.92 Å². The quantitative estimate of drug-likeness (QED) is 0.640. The van der Waals surface area contributed by atoms with Crippen molar-refractivity contribution in [1.82, 2.24) is 4.90 Å². The van der Waals surface area contributed by atoms with Gasteiger partial charge < -0.3 is 14.4 Å². The van der Waals surface area contributed by atoms with Gasteiger partial charge in [-0.1, -0.05) is 26.2 Å². The van der Waals surface area contributed by atoms with Crippen molar-refractivity contribution in [2.45, 2.75) is 71.8 Å². The first-order valence-electron chi connectivity index (χ1n) is 8.72. The van der Waals surface area contributed by atoms with Gasteiger partial charge in [0.2, 0.25) is 0 Å². The number of carbonyl (C=O) groups is 2. The lowest BCUT2D eigenvalue weighted by molar-refractivity contribution is -0.145. The van der Waals surface area contributed by atoms with E-state index in [2.05, 4.69) is 0 Å². The van der Waals surface area contributed by atoms with E-state index in [4.69, 9.17) is 9.47 Å². The van der Waals surface area contributed by atoms with E-state index in [1.165, 1.54) is 19.3 Å². The lowest BCUT2D eigenvalue weighted by Crippen LogP contribution is -2.47. The molecule has 1 fully saturated rings. The lowest BCUT2D eigenvalue weighted by Gasteiger charge is -2.37. The summed E-state index contributed by atoms with van der Waals surface area (Å²) < 4.78 is 10.3. The van der Waals surface area contributed by atoms with Crippen LogP contribution in [0.2, 0.25) is 0 Å². The van der Waals surface area contributed by atoms with Gasteiger partial charge in [-0.25, -0.2) is 4.79 Å². The van der Waals surface area contributed by atoms with E-state index in [0.717, 1.165) is 19.3 Å². The molecule has 0 aliphatic heterocycles. The van der Waals surface area contributed by atoms with E-state index in [1.54, 1.807) is 4.90 Å². The molecule has 0 spiro atoms. The van der Waals surface area contributed by atoms with Crippen LogP contribution in [0.5, 0.6) is 0 Å². The van der Waals surface area contributed by atoms with E-state index in [9.17, 15) is 9.59 Å². The molecule has 5 nitrogen and oxygen atoms in total. The van der Waals surface area contributed by atoms with Crippen LogP contribution in [0.4, 0.5) is 4.79 Å². The molecule has 1 amide bonds. The Hall–Kier alpha value is -1.26. The number of amides is 1. The van der Waals surface area contributed by atoms with Gasteiger partial charge in [-0.05, 0) is 39.0 Å². The van der Waals surface area contributed by atoms with Crippen LogP contribution in [0.1, 0.15) is 65.7 Å². The van der Waals surface area contributed by atoms with E-state index in [1.807, 2.05) is 20.8 Å². The van der Waals surface area contributed by atoms with Gasteiger partial charge in [0.15, 0.2) is 0 Å². The van der Waals surface area contributed by atoms with Gasteiger partial charge >= 0.3 is 12.1 Å². The van der Waals surface area contributed by atoms with E-state index in [0.29, 0.717) is 25.7 Å². The van der Waals surface area contributed by atoms with Crippen LogP contribution >= 0.6 is 0 Å². The van der Waals surface area contributed by atoms with Crippen molar-refractivity contribution in [3.05, 3.63) is 0 Å².